The van der Waals surface area contributed by atoms with Gasteiger partial charge in [0.25, 0.3) is 0 Å². The van der Waals surface area contributed by atoms with Crippen molar-refractivity contribution >= 4 is 70.0 Å². The van der Waals surface area contributed by atoms with E-state index in [0.29, 0.717) is 78.3 Å². The van der Waals surface area contributed by atoms with Crippen molar-refractivity contribution in [2.45, 2.75) is 78.6 Å². The Hall–Kier alpha value is -13.5. The smallest absolute Gasteiger partial charge is 0.333 e. The molecule has 126 heavy (non-hydrogen) atoms. The van der Waals surface area contributed by atoms with Gasteiger partial charge < -0.3 is 87.5 Å². The number of esters is 5. The Balaban J connectivity index is 0.000000395. The van der Waals surface area contributed by atoms with Gasteiger partial charge in [0.1, 0.15) is 105 Å². The van der Waals surface area contributed by atoms with Crippen LogP contribution in [0.5, 0.6) is 51.7 Å². The van der Waals surface area contributed by atoms with Crippen LogP contribution in [-0.4, -0.2) is 164 Å². The maximum absolute atomic E-state index is 12.1. The summed E-state index contributed by atoms with van der Waals surface area (Å²) in [5, 5.41) is 53.6. The average Bonchev–Trinajstić information content (AvgIpc) is 0.867. The lowest BCUT2D eigenvalue weighted by Gasteiger charge is -2.09. The number of phenolic OH excluding ortho intramolecular Hbond substituents is 2. The third-order valence-corrected chi connectivity index (χ3v) is 17.4. The van der Waals surface area contributed by atoms with Crippen molar-refractivity contribution in [3.8, 4) is 85.1 Å². The summed E-state index contributed by atoms with van der Waals surface area (Å²) >= 11 is 3.34. The van der Waals surface area contributed by atoms with Crippen LogP contribution in [0.1, 0.15) is 95.2 Å². The van der Waals surface area contributed by atoms with Gasteiger partial charge in [0, 0.05) is 59.9 Å². The molecule has 0 heterocycles. The number of carboxylic acids is 1. The van der Waals surface area contributed by atoms with E-state index in [-0.39, 0.29) is 83.7 Å². The summed E-state index contributed by atoms with van der Waals surface area (Å²) in [6.07, 6.45) is 17.6. The number of aliphatic hydroxyl groups is 3. The Labute approximate surface area is 746 Å². The van der Waals surface area contributed by atoms with Crippen LogP contribution in [0.25, 0.3) is 51.6 Å². The number of carboxylic acid groups (broad SMARTS) is 1. The Morgan fingerprint density at radius 3 is 0.833 bits per heavy atom. The molecule has 670 valence electrons. The van der Waals surface area contributed by atoms with E-state index in [1.807, 2.05) is 146 Å². The second-order valence-corrected chi connectivity index (χ2v) is 27.8. The predicted octanol–water partition coefficient (Wildman–Crippen LogP) is 19.4. The van der Waals surface area contributed by atoms with Crippen LogP contribution in [0.2, 0.25) is 0 Å². The number of aromatic hydroxyl groups is 2. The van der Waals surface area contributed by atoms with Gasteiger partial charge in [-0.1, -0.05) is 158 Å². The summed E-state index contributed by atoms with van der Waals surface area (Å²) in [5.41, 5.74) is 9.60. The molecule has 0 spiro atoms. The van der Waals surface area contributed by atoms with Crippen molar-refractivity contribution in [3.63, 3.8) is 0 Å². The number of carbonyl (C=O) groups is 6. The Morgan fingerprint density at radius 2 is 0.540 bits per heavy atom. The maximum Gasteiger partial charge on any atom is 0.333 e. The molecular formula is C101H115BrO24. The molecule has 0 amide bonds. The molecule has 0 saturated heterocycles. The zero-order chi connectivity index (χ0) is 91.7. The highest BCUT2D eigenvalue weighted by Crippen LogP contribution is 2.29. The average molecular weight is 1790 g/mol. The minimum absolute atomic E-state index is 0.0801. The number of alkyl halides is 1. The molecular weight excluding hydrogens is 1680 g/mol. The van der Waals surface area contributed by atoms with Crippen LogP contribution < -0.4 is 33.2 Å². The molecule has 0 fully saturated rings. The van der Waals surface area contributed by atoms with Crippen molar-refractivity contribution in [1.82, 2.24) is 0 Å². The molecule has 0 aliphatic heterocycles. The summed E-state index contributed by atoms with van der Waals surface area (Å²) in [4.78, 5) is 68.7. The number of halogens is 1. The quantitative estimate of drug-likeness (QED) is 0.00392. The number of hydrogen-bond acceptors (Lipinski definition) is 23. The third-order valence-electron chi connectivity index (χ3n) is 16.8. The van der Waals surface area contributed by atoms with Gasteiger partial charge in [0.15, 0.2) is 6.79 Å². The topological polar surface area (TPSA) is 335 Å². The van der Waals surface area contributed by atoms with Gasteiger partial charge in [0.05, 0.1) is 19.8 Å². The molecule has 0 unspecified atom stereocenters. The van der Waals surface area contributed by atoms with E-state index in [9.17, 15) is 28.8 Å². The van der Waals surface area contributed by atoms with E-state index in [2.05, 4.69) is 48.8 Å². The second kappa shape index (κ2) is 64.3. The second-order valence-electron chi connectivity index (χ2n) is 27.0. The third kappa shape index (κ3) is 47.3. The van der Waals surface area contributed by atoms with Crippen molar-refractivity contribution in [1.29, 1.82) is 0 Å². The highest BCUT2D eigenvalue weighted by Gasteiger charge is 2.10. The Bertz CT molecular complexity index is 4520. The summed E-state index contributed by atoms with van der Waals surface area (Å²) in [6.45, 7) is 24.3. The van der Waals surface area contributed by atoms with E-state index in [0.717, 1.165) is 105 Å². The SMILES string of the molecule is C=C.C=C(C)C(=O)OCCCCCCOc1ccc(/C=C/C(=O)O)cc1.C=C(C)C(=O)OCCOc1ccc(/C=C/C(=O)OCCOc2ccc(-c3ccc(OCCOC(=O)/C=C/c4ccc(OCCOC(=O)C(=C)C)cc4)cc3)cc2)cc1.OCCCCCCBr.OCCCOc1ccc(-c2ccc(OCO)cc2)cc1.Oc1ccc(-c2ccc(O)cc2)cc1. The standard InChI is InChI=1S/C46H46O12.C19H24O5.C16H18O4.C12H10O2.C6H13BrO.C2H4/c1-33(2)45(49)57-31-27-53-39-15-5-35(6-16-39)9-23-43(47)55-29-25-51-41-19-11-37(12-20-41)38-13-21-42(22-14-38)52-26-30-56-44(48)24-10-36-7-17-40(18-8-36)54-28-32-58-46(50)34(3)4;1-15(2)19(22)24-14-6-4-3-5-13-23-17-10-7-16(8-11-17)9-12-18(20)21;17-10-1-11-19-15-6-2-13(3-7-15)14-4-8-16(9-5-14)20-12-18;13-11-5-1-9(2-6-11)10-3-7-12(14)8-4-10;7-5-3-1-2-4-6-8;1-2/h5-24H,1,3,25-32H2,2,4H3;7-12H,1,3-6,13-14H2,2H3,(H,20,21);2-9,17-18H,1,10-12H2;1-8,13-14H;8H,1-6H2;1-2H2/b23-9+,24-10+;12-9+;;;;. The summed E-state index contributed by atoms with van der Waals surface area (Å²) < 4.78 is 64.1. The molecule has 0 radical (unpaired) electrons. The van der Waals surface area contributed by atoms with Crippen LogP contribution in [-0.2, 0) is 52.5 Å². The molecule has 9 aromatic carbocycles. The maximum atomic E-state index is 12.1. The van der Waals surface area contributed by atoms with Crippen LogP contribution in [0, 0.1) is 0 Å². The number of ether oxygens (including phenoxy) is 12. The van der Waals surface area contributed by atoms with E-state index in [1.165, 1.54) is 37.5 Å². The summed E-state index contributed by atoms with van der Waals surface area (Å²) in [5.74, 6) is 1.98. The number of aliphatic carboxylic acids is 1. The van der Waals surface area contributed by atoms with Gasteiger partial charge in [-0.15, -0.1) is 13.2 Å². The fourth-order valence-corrected chi connectivity index (χ4v) is 10.7. The normalized spacial score (nSPS) is 10.3. The molecule has 25 heteroatoms. The predicted molar refractivity (Wildman–Crippen MR) is 494 cm³/mol. The van der Waals surface area contributed by atoms with Crippen LogP contribution in [0.4, 0.5) is 0 Å². The van der Waals surface area contributed by atoms with Gasteiger partial charge in [-0.3, -0.25) is 0 Å². The fraction of sp³-hybridized carbons (Fsp3) is 0.267. The molecule has 6 N–H and O–H groups in total. The van der Waals surface area contributed by atoms with Gasteiger partial charge in [-0.25, -0.2) is 28.8 Å². The first-order valence-corrected chi connectivity index (χ1v) is 41.8. The lowest BCUT2D eigenvalue weighted by molar-refractivity contribution is -0.140. The number of hydrogen-bond donors (Lipinski definition) is 6. The van der Waals surface area contributed by atoms with Gasteiger partial charge in [-0.2, -0.15) is 0 Å². The first kappa shape index (κ1) is 105. The highest BCUT2D eigenvalue weighted by molar-refractivity contribution is 9.09. The first-order valence-electron chi connectivity index (χ1n) is 40.7. The molecule has 0 atom stereocenters. The molecule has 0 aliphatic carbocycles. The molecule has 9 aromatic rings. The van der Waals surface area contributed by atoms with E-state index < -0.39 is 29.8 Å². The Kier molecular flexibility index (Phi) is 53.6. The number of phenols is 2. The summed E-state index contributed by atoms with van der Waals surface area (Å²) in [6, 6.07) is 65.7. The van der Waals surface area contributed by atoms with Gasteiger partial charge >= 0.3 is 35.8 Å². The highest BCUT2D eigenvalue weighted by atomic mass is 79.9. The van der Waals surface area contributed by atoms with E-state index in [1.54, 1.807) is 106 Å². The lowest BCUT2D eigenvalue weighted by Crippen LogP contribution is -2.12. The summed E-state index contributed by atoms with van der Waals surface area (Å²) in [7, 11) is 0. The molecule has 24 nitrogen and oxygen atoms in total. The van der Waals surface area contributed by atoms with E-state index in [4.69, 9.17) is 87.5 Å². The molecule has 0 bridgehead atoms. The lowest BCUT2D eigenvalue weighted by atomic mass is 10.1. The molecule has 0 aromatic heterocycles. The van der Waals surface area contributed by atoms with Crippen molar-refractivity contribution < 1.29 is 116 Å². The van der Waals surface area contributed by atoms with E-state index >= 15 is 0 Å². The van der Waals surface area contributed by atoms with Crippen molar-refractivity contribution in [3.05, 3.63) is 303 Å². The number of unbranched alkanes of at least 4 members (excludes halogenated alkanes) is 6. The molecule has 0 aliphatic rings. The number of aliphatic hydroxyl groups excluding tert-OH is 3. The number of carbonyl (C=O) groups excluding carboxylic acids is 5. The largest absolute Gasteiger partial charge is 0.508 e. The zero-order valence-electron chi connectivity index (χ0n) is 71.7. The van der Waals surface area contributed by atoms with Crippen molar-refractivity contribution in [2.75, 3.05) is 98.0 Å². The van der Waals surface area contributed by atoms with Gasteiger partial charge in [0.2, 0.25) is 0 Å². The van der Waals surface area contributed by atoms with Gasteiger partial charge in [-0.05, 0) is 237 Å². The zero-order valence-corrected chi connectivity index (χ0v) is 73.3. The Morgan fingerprint density at radius 1 is 0.294 bits per heavy atom. The minimum Gasteiger partial charge on any atom is -0.508 e. The minimum atomic E-state index is -0.968. The molecule has 0 saturated carbocycles. The fourth-order valence-electron chi connectivity index (χ4n) is 10.3. The van der Waals surface area contributed by atoms with Crippen molar-refractivity contribution in [2.24, 2.45) is 0 Å². The van der Waals surface area contributed by atoms with Crippen LogP contribution in [0.15, 0.2) is 286 Å². The van der Waals surface area contributed by atoms with Crippen LogP contribution >= 0.6 is 15.9 Å². The monoisotopic (exact) mass is 1790 g/mol. The molecule has 9 rings (SSSR count). The number of benzene rings is 9. The van der Waals surface area contributed by atoms with Crippen LogP contribution in [0.3, 0.4) is 0 Å². The number of rotatable bonds is 47. The first-order chi connectivity index (χ1) is 61.0.